The Morgan fingerprint density at radius 2 is 1.90 bits per heavy atom. The molecule has 1 aromatic carbocycles. The summed E-state index contributed by atoms with van der Waals surface area (Å²) in [6.07, 6.45) is 8.89. The number of ether oxygens (including phenoxy) is 1. The summed E-state index contributed by atoms with van der Waals surface area (Å²) in [4.78, 5) is 18.7. The SMILES string of the molecule is CCc1nc2ccccc2n1[C@@H](C(=O)O[C@@H]1CC(C)CCC1C(C)C)C1CCCC1. The van der Waals surface area contributed by atoms with E-state index in [0.29, 0.717) is 23.7 Å². The van der Waals surface area contributed by atoms with Gasteiger partial charge in [-0.1, -0.05) is 59.1 Å². The number of carbonyl (C=O) groups excluding carboxylic acids is 1. The fourth-order valence-electron chi connectivity index (χ4n) is 5.91. The van der Waals surface area contributed by atoms with E-state index < -0.39 is 0 Å². The average Bonchev–Trinajstić information content (AvgIpc) is 3.37. The fraction of sp³-hybridized carbons (Fsp3) is 0.692. The molecule has 0 N–H and O–H groups in total. The minimum Gasteiger partial charge on any atom is -0.461 e. The normalized spacial score (nSPS) is 26.4. The predicted molar refractivity (Wildman–Crippen MR) is 121 cm³/mol. The molecule has 1 heterocycles. The van der Waals surface area contributed by atoms with Crippen LogP contribution in [0.15, 0.2) is 24.3 Å². The van der Waals surface area contributed by atoms with E-state index in [-0.39, 0.29) is 18.1 Å². The van der Waals surface area contributed by atoms with Gasteiger partial charge >= 0.3 is 5.97 Å². The molecular weight excluding hydrogens is 372 g/mol. The van der Waals surface area contributed by atoms with Crippen LogP contribution < -0.4 is 0 Å². The van der Waals surface area contributed by atoms with Crippen LogP contribution in [0.2, 0.25) is 0 Å². The molecule has 0 amide bonds. The molecule has 1 aromatic heterocycles. The lowest BCUT2D eigenvalue weighted by atomic mass is 9.75. The topological polar surface area (TPSA) is 44.1 Å². The van der Waals surface area contributed by atoms with Crippen molar-refractivity contribution in [2.75, 3.05) is 0 Å². The van der Waals surface area contributed by atoms with Crippen LogP contribution in [0.1, 0.15) is 84.5 Å². The van der Waals surface area contributed by atoms with E-state index in [2.05, 4.69) is 50.5 Å². The quantitative estimate of drug-likeness (QED) is 0.522. The number of fused-ring (bicyclic) bond motifs is 1. The molecule has 2 aromatic rings. The highest BCUT2D eigenvalue weighted by molar-refractivity contribution is 5.81. The maximum absolute atomic E-state index is 13.8. The van der Waals surface area contributed by atoms with Crippen LogP contribution in [0.25, 0.3) is 11.0 Å². The van der Waals surface area contributed by atoms with Crippen molar-refractivity contribution in [3.8, 4) is 0 Å². The Balaban J connectivity index is 1.69. The first-order valence-electron chi connectivity index (χ1n) is 12.2. The molecule has 4 rings (SSSR count). The predicted octanol–water partition coefficient (Wildman–Crippen LogP) is 6.33. The summed E-state index contributed by atoms with van der Waals surface area (Å²) in [5.74, 6) is 2.97. The molecule has 2 aliphatic rings. The number of hydrogen-bond donors (Lipinski definition) is 0. The van der Waals surface area contributed by atoms with Crippen LogP contribution in [0.4, 0.5) is 0 Å². The van der Waals surface area contributed by atoms with Gasteiger partial charge in [0.05, 0.1) is 11.0 Å². The van der Waals surface area contributed by atoms with Gasteiger partial charge in [0, 0.05) is 6.42 Å². The number of aryl methyl sites for hydroxylation is 1. The largest absolute Gasteiger partial charge is 0.461 e. The molecular formula is C26H38N2O2. The molecule has 0 saturated heterocycles. The smallest absolute Gasteiger partial charge is 0.329 e. The zero-order valence-electron chi connectivity index (χ0n) is 19.1. The summed E-state index contributed by atoms with van der Waals surface area (Å²) >= 11 is 0. The van der Waals surface area contributed by atoms with Gasteiger partial charge in [-0.05, 0) is 61.5 Å². The van der Waals surface area contributed by atoms with Crippen LogP contribution in [0.3, 0.4) is 0 Å². The molecule has 0 spiro atoms. The van der Waals surface area contributed by atoms with Crippen molar-refractivity contribution in [3.63, 3.8) is 0 Å². The highest BCUT2D eigenvalue weighted by Gasteiger charge is 2.39. The summed E-state index contributed by atoms with van der Waals surface area (Å²) in [7, 11) is 0. The Labute approximate surface area is 181 Å². The van der Waals surface area contributed by atoms with Crippen LogP contribution >= 0.6 is 0 Å². The molecule has 2 saturated carbocycles. The minimum absolute atomic E-state index is 0.0236. The highest BCUT2D eigenvalue weighted by atomic mass is 16.5. The number of nitrogens with zero attached hydrogens (tertiary/aromatic N) is 2. The molecule has 0 aliphatic heterocycles. The summed E-state index contributed by atoms with van der Waals surface area (Å²) in [6, 6.07) is 7.99. The highest BCUT2D eigenvalue weighted by Crippen LogP contribution is 2.40. The molecule has 164 valence electrons. The molecule has 2 aliphatic carbocycles. The van der Waals surface area contributed by atoms with Crippen molar-refractivity contribution in [1.29, 1.82) is 0 Å². The van der Waals surface area contributed by atoms with Gasteiger partial charge in [0.1, 0.15) is 18.0 Å². The first-order valence-corrected chi connectivity index (χ1v) is 12.2. The van der Waals surface area contributed by atoms with Crippen molar-refractivity contribution in [2.24, 2.45) is 23.7 Å². The van der Waals surface area contributed by atoms with Gasteiger partial charge in [-0.25, -0.2) is 9.78 Å². The number of para-hydroxylation sites is 2. The van der Waals surface area contributed by atoms with E-state index in [1.54, 1.807) is 0 Å². The zero-order chi connectivity index (χ0) is 21.3. The second kappa shape index (κ2) is 9.11. The standard InChI is InChI=1S/C26H38N2O2/c1-5-24-27-21-12-8-9-13-22(21)28(24)25(19-10-6-7-11-19)26(29)30-23-16-18(4)14-15-20(23)17(2)3/h8-9,12-13,17-20,23,25H,5-7,10-11,14-16H2,1-4H3/t18?,20?,23-,25-/m1/s1. The van der Waals surface area contributed by atoms with E-state index >= 15 is 0 Å². The van der Waals surface area contributed by atoms with Gasteiger partial charge in [0.25, 0.3) is 0 Å². The van der Waals surface area contributed by atoms with Crippen molar-refractivity contribution in [3.05, 3.63) is 30.1 Å². The van der Waals surface area contributed by atoms with E-state index in [1.165, 1.54) is 25.7 Å². The third-order valence-corrected chi connectivity index (χ3v) is 7.58. The average molecular weight is 411 g/mol. The number of benzene rings is 1. The second-order valence-corrected chi connectivity index (χ2v) is 10.0. The van der Waals surface area contributed by atoms with Gasteiger partial charge in [0.2, 0.25) is 0 Å². The van der Waals surface area contributed by atoms with Crippen LogP contribution in [0.5, 0.6) is 0 Å². The number of rotatable bonds is 6. The van der Waals surface area contributed by atoms with Gasteiger partial charge in [-0.2, -0.15) is 0 Å². The van der Waals surface area contributed by atoms with Gasteiger partial charge < -0.3 is 9.30 Å². The number of imidazole rings is 1. The van der Waals surface area contributed by atoms with Crippen molar-refractivity contribution in [2.45, 2.75) is 91.2 Å². The molecule has 0 radical (unpaired) electrons. The number of esters is 1. The summed E-state index contributed by atoms with van der Waals surface area (Å²) in [6.45, 7) is 8.97. The minimum atomic E-state index is -0.250. The summed E-state index contributed by atoms with van der Waals surface area (Å²) in [5.41, 5.74) is 2.05. The number of aromatic nitrogens is 2. The van der Waals surface area contributed by atoms with Gasteiger partial charge in [-0.3, -0.25) is 0 Å². The van der Waals surface area contributed by atoms with Crippen molar-refractivity contribution < 1.29 is 9.53 Å². The first-order chi connectivity index (χ1) is 14.5. The summed E-state index contributed by atoms with van der Waals surface area (Å²) < 4.78 is 8.62. The molecule has 2 unspecified atom stereocenters. The van der Waals surface area contributed by atoms with Crippen LogP contribution in [0, 0.1) is 23.7 Å². The van der Waals surface area contributed by atoms with E-state index in [4.69, 9.17) is 9.72 Å². The van der Waals surface area contributed by atoms with E-state index in [1.807, 2.05) is 6.07 Å². The third-order valence-electron chi connectivity index (χ3n) is 7.58. The Bertz CT molecular complexity index is 865. The molecule has 4 atom stereocenters. The van der Waals surface area contributed by atoms with Gasteiger partial charge in [0.15, 0.2) is 0 Å². The lowest BCUT2D eigenvalue weighted by Crippen LogP contribution is -2.39. The molecule has 0 bridgehead atoms. The lowest BCUT2D eigenvalue weighted by molar-refractivity contribution is -0.161. The Morgan fingerprint density at radius 3 is 2.60 bits per heavy atom. The first kappa shape index (κ1) is 21.4. The van der Waals surface area contributed by atoms with E-state index in [9.17, 15) is 4.79 Å². The maximum atomic E-state index is 13.8. The Kier molecular flexibility index (Phi) is 6.50. The maximum Gasteiger partial charge on any atom is 0.329 e. The zero-order valence-corrected chi connectivity index (χ0v) is 19.1. The fourth-order valence-corrected chi connectivity index (χ4v) is 5.91. The molecule has 4 nitrogen and oxygen atoms in total. The monoisotopic (exact) mass is 410 g/mol. The van der Waals surface area contributed by atoms with Crippen LogP contribution in [-0.2, 0) is 16.0 Å². The number of carbonyl (C=O) groups is 1. The van der Waals surface area contributed by atoms with Crippen molar-refractivity contribution >= 4 is 17.0 Å². The Hall–Kier alpha value is -1.84. The molecule has 4 heteroatoms. The van der Waals surface area contributed by atoms with E-state index in [0.717, 1.165) is 42.5 Å². The van der Waals surface area contributed by atoms with Crippen LogP contribution in [-0.4, -0.2) is 21.6 Å². The van der Waals surface area contributed by atoms with Crippen molar-refractivity contribution in [1.82, 2.24) is 9.55 Å². The molecule has 30 heavy (non-hydrogen) atoms. The third kappa shape index (κ3) is 4.15. The lowest BCUT2D eigenvalue weighted by Gasteiger charge is -2.38. The van der Waals surface area contributed by atoms with Gasteiger partial charge in [-0.15, -0.1) is 0 Å². The Morgan fingerprint density at radius 1 is 1.17 bits per heavy atom. The number of hydrogen-bond acceptors (Lipinski definition) is 3. The second-order valence-electron chi connectivity index (χ2n) is 10.0. The molecule has 2 fully saturated rings. The summed E-state index contributed by atoms with van der Waals surface area (Å²) in [5, 5.41) is 0.